The van der Waals surface area contributed by atoms with E-state index >= 15 is 0 Å². The van der Waals surface area contributed by atoms with Gasteiger partial charge in [0.25, 0.3) is 0 Å². The number of carbonyl (C=O) groups is 1. The van der Waals surface area contributed by atoms with Crippen LogP contribution in [0.3, 0.4) is 0 Å². The molecule has 0 aromatic carbocycles. The Labute approximate surface area is 88.9 Å². The molecule has 0 aliphatic carbocycles. The number of hydrogen-bond acceptors (Lipinski definition) is 3. The first-order valence-electron chi connectivity index (χ1n) is 4.61. The highest BCUT2D eigenvalue weighted by Crippen LogP contribution is 2.02. The number of nitrogens with one attached hydrogen (secondary N) is 2. The number of aromatic nitrogens is 2. The van der Waals surface area contributed by atoms with Gasteiger partial charge in [0.15, 0.2) is 0 Å². The Morgan fingerprint density at radius 1 is 1.80 bits per heavy atom. The van der Waals surface area contributed by atoms with Gasteiger partial charge in [0, 0.05) is 19.3 Å². The van der Waals surface area contributed by atoms with Crippen LogP contribution >= 0.6 is 0 Å². The van der Waals surface area contributed by atoms with Gasteiger partial charge in [-0.25, -0.2) is 0 Å². The number of rotatable bonds is 4. The lowest BCUT2D eigenvalue weighted by Gasteiger charge is -2.11. The summed E-state index contributed by atoms with van der Waals surface area (Å²) in [7, 11) is 1.81. The first-order valence-corrected chi connectivity index (χ1v) is 4.61. The largest absolute Gasteiger partial charge is 0.357 e. The number of nitrogens with zero attached hydrogens (tertiary/aromatic N) is 2. The summed E-state index contributed by atoms with van der Waals surface area (Å²) in [4.78, 5) is 11.4. The minimum absolute atomic E-state index is 0.140. The van der Waals surface area contributed by atoms with Crippen LogP contribution in [-0.2, 0) is 11.8 Å². The smallest absolute Gasteiger partial charge is 0.242 e. The molecule has 80 valence electrons. The van der Waals surface area contributed by atoms with Crippen molar-refractivity contribution in [3.8, 4) is 12.3 Å². The van der Waals surface area contributed by atoms with Gasteiger partial charge < -0.3 is 10.6 Å². The molecule has 5 nitrogen and oxygen atoms in total. The van der Waals surface area contributed by atoms with Crippen molar-refractivity contribution in [1.29, 1.82) is 0 Å². The monoisotopic (exact) mass is 206 g/mol. The average molecular weight is 206 g/mol. The molecule has 1 heterocycles. The summed E-state index contributed by atoms with van der Waals surface area (Å²) in [6, 6.07) is 1.44. The topological polar surface area (TPSA) is 59.0 Å². The van der Waals surface area contributed by atoms with E-state index in [4.69, 9.17) is 6.42 Å². The van der Waals surface area contributed by atoms with E-state index in [0.717, 1.165) is 0 Å². The molecule has 1 amide bonds. The molecule has 1 rings (SSSR count). The summed E-state index contributed by atoms with van der Waals surface area (Å²) in [5.74, 6) is 2.87. The summed E-state index contributed by atoms with van der Waals surface area (Å²) < 4.78 is 1.66. The van der Waals surface area contributed by atoms with Crippen molar-refractivity contribution in [1.82, 2.24) is 15.1 Å². The lowest BCUT2D eigenvalue weighted by atomic mass is 10.3. The highest BCUT2D eigenvalue weighted by Gasteiger charge is 2.12. The third-order valence-electron chi connectivity index (χ3n) is 1.84. The molecule has 0 spiro atoms. The number of amides is 1. The first-order chi connectivity index (χ1) is 7.13. The average Bonchev–Trinajstić information content (AvgIpc) is 2.60. The SMILES string of the molecule is C#CCNC(=O)C(C)Nc1ccn(C)n1. The van der Waals surface area contributed by atoms with Crippen molar-refractivity contribution in [2.75, 3.05) is 11.9 Å². The fourth-order valence-electron chi connectivity index (χ4n) is 1.07. The molecule has 2 N–H and O–H groups in total. The molecule has 5 heteroatoms. The molecule has 0 fully saturated rings. The minimum atomic E-state index is -0.353. The molecule has 1 aromatic heterocycles. The normalized spacial score (nSPS) is 11.5. The van der Waals surface area contributed by atoms with E-state index in [9.17, 15) is 4.79 Å². The highest BCUT2D eigenvalue weighted by atomic mass is 16.2. The van der Waals surface area contributed by atoms with Gasteiger partial charge in [0.05, 0.1) is 6.54 Å². The van der Waals surface area contributed by atoms with Crippen LogP contribution < -0.4 is 10.6 Å². The number of aryl methyl sites for hydroxylation is 1. The number of anilines is 1. The zero-order valence-electron chi connectivity index (χ0n) is 8.82. The molecule has 0 aliphatic rings. The standard InChI is InChI=1S/C10H14N4O/c1-4-6-11-10(15)8(2)12-9-5-7-14(3)13-9/h1,5,7-8H,6H2,2-3H3,(H,11,15)(H,12,13). The Bertz CT molecular complexity index is 377. The number of terminal acetylenes is 1. The van der Waals surface area contributed by atoms with Crippen molar-refractivity contribution < 1.29 is 4.79 Å². The Kier molecular flexibility index (Phi) is 3.75. The van der Waals surface area contributed by atoms with Crippen LogP contribution in [0.4, 0.5) is 5.82 Å². The molecule has 0 saturated carbocycles. The van der Waals surface area contributed by atoms with E-state index in [-0.39, 0.29) is 18.5 Å². The van der Waals surface area contributed by atoms with Gasteiger partial charge in [-0.1, -0.05) is 5.92 Å². The zero-order valence-corrected chi connectivity index (χ0v) is 8.82. The van der Waals surface area contributed by atoms with Crippen LogP contribution in [0.1, 0.15) is 6.92 Å². The fourth-order valence-corrected chi connectivity index (χ4v) is 1.07. The molecule has 1 unspecified atom stereocenters. The third-order valence-corrected chi connectivity index (χ3v) is 1.84. The van der Waals surface area contributed by atoms with Crippen molar-refractivity contribution in [2.24, 2.45) is 7.05 Å². The predicted molar refractivity (Wildman–Crippen MR) is 58.1 cm³/mol. The maximum Gasteiger partial charge on any atom is 0.242 e. The van der Waals surface area contributed by atoms with Crippen LogP contribution in [0.25, 0.3) is 0 Å². The second-order valence-corrected chi connectivity index (χ2v) is 3.16. The predicted octanol–water partition coefficient (Wildman–Crippen LogP) is -0.0301. The summed E-state index contributed by atoms with van der Waals surface area (Å²) in [6.45, 7) is 1.99. The van der Waals surface area contributed by atoms with Gasteiger partial charge >= 0.3 is 0 Å². The summed E-state index contributed by atoms with van der Waals surface area (Å²) in [5, 5.41) is 9.64. The Hall–Kier alpha value is -1.96. The Balaban J connectivity index is 2.45. The number of carbonyl (C=O) groups excluding carboxylic acids is 1. The Morgan fingerprint density at radius 2 is 2.53 bits per heavy atom. The summed E-state index contributed by atoms with van der Waals surface area (Å²) in [5.41, 5.74) is 0. The maximum absolute atomic E-state index is 11.4. The van der Waals surface area contributed by atoms with Crippen LogP contribution in [-0.4, -0.2) is 28.3 Å². The molecule has 0 aliphatic heterocycles. The molecular weight excluding hydrogens is 192 g/mol. The van der Waals surface area contributed by atoms with Gasteiger partial charge in [-0.2, -0.15) is 5.10 Å². The lowest BCUT2D eigenvalue weighted by molar-refractivity contribution is -0.121. The summed E-state index contributed by atoms with van der Waals surface area (Å²) >= 11 is 0. The first kappa shape index (κ1) is 11.1. The van der Waals surface area contributed by atoms with Gasteiger partial charge in [-0.05, 0) is 6.92 Å². The van der Waals surface area contributed by atoms with Crippen molar-refractivity contribution in [3.05, 3.63) is 12.3 Å². The molecule has 15 heavy (non-hydrogen) atoms. The molecule has 1 aromatic rings. The molecule has 0 radical (unpaired) electrons. The quantitative estimate of drug-likeness (QED) is 0.680. The van der Waals surface area contributed by atoms with E-state index in [1.54, 1.807) is 23.9 Å². The third kappa shape index (κ3) is 3.35. The maximum atomic E-state index is 11.4. The van der Waals surface area contributed by atoms with E-state index in [0.29, 0.717) is 5.82 Å². The van der Waals surface area contributed by atoms with Crippen LogP contribution in [0, 0.1) is 12.3 Å². The Morgan fingerprint density at radius 3 is 3.07 bits per heavy atom. The molecule has 0 saturated heterocycles. The van der Waals surface area contributed by atoms with Crippen LogP contribution in [0.15, 0.2) is 12.3 Å². The minimum Gasteiger partial charge on any atom is -0.357 e. The van der Waals surface area contributed by atoms with Gasteiger partial charge in [-0.15, -0.1) is 6.42 Å². The highest BCUT2D eigenvalue weighted by molar-refractivity contribution is 5.84. The van der Waals surface area contributed by atoms with Crippen molar-refractivity contribution in [2.45, 2.75) is 13.0 Å². The summed E-state index contributed by atoms with van der Waals surface area (Å²) in [6.07, 6.45) is 6.83. The van der Waals surface area contributed by atoms with Gasteiger partial charge in [-0.3, -0.25) is 9.48 Å². The van der Waals surface area contributed by atoms with E-state index < -0.39 is 0 Å². The van der Waals surface area contributed by atoms with Crippen LogP contribution in [0.2, 0.25) is 0 Å². The zero-order chi connectivity index (χ0) is 11.3. The van der Waals surface area contributed by atoms with Crippen molar-refractivity contribution >= 4 is 11.7 Å². The van der Waals surface area contributed by atoms with Crippen molar-refractivity contribution in [3.63, 3.8) is 0 Å². The van der Waals surface area contributed by atoms with E-state index in [1.807, 2.05) is 7.05 Å². The van der Waals surface area contributed by atoms with E-state index in [2.05, 4.69) is 21.7 Å². The second kappa shape index (κ2) is 5.05. The van der Waals surface area contributed by atoms with E-state index in [1.165, 1.54) is 0 Å². The fraction of sp³-hybridized carbons (Fsp3) is 0.400. The molecular formula is C10H14N4O. The van der Waals surface area contributed by atoms with Gasteiger partial charge in [0.2, 0.25) is 5.91 Å². The second-order valence-electron chi connectivity index (χ2n) is 3.16. The molecule has 0 bridgehead atoms. The van der Waals surface area contributed by atoms with Gasteiger partial charge in [0.1, 0.15) is 11.9 Å². The molecule has 1 atom stereocenters. The lowest BCUT2D eigenvalue weighted by Crippen LogP contribution is -2.37. The van der Waals surface area contributed by atoms with Crippen LogP contribution in [0.5, 0.6) is 0 Å². The number of hydrogen-bond donors (Lipinski definition) is 2.